The van der Waals surface area contributed by atoms with E-state index < -0.39 is 22.9 Å². The second kappa shape index (κ2) is 5.05. The van der Waals surface area contributed by atoms with Gasteiger partial charge in [-0.15, -0.1) is 0 Å². The van der Waals surface area contributed by atoms with Crippen molar-refractivity contribution in [2.75, 3.05) is 6.61 Å². The third-order valence-electron chi connectivity index (χ3n) is 2.80. The van der Waals surface area contributed by atoms with Gasteiger partial charge < -0.3 is 14.8 Å². The van der Waals surface area contributed by atoms with Crippen molar-refractivity contribution >= 4 is 16.9 Å². The minimum absolute atomic E-state index is 0.185. The number of hydrogen-bond donors (Lipinski definition) is 2. The second-order valence-corrected chi connectivity index (χ2v) is 5.10. The summed E-state index contributed by atoms with van der Waals surface area (Å²) in [6, 6.07) is 5.43. The largest absolute Gasteiger partial charge is 0.419 e. The quantitative estimate of drug-likeness (QED) is 0.833. The van der Waals surface area contributed by atoms with Crippen LogP contribution in [0.2, 0.25) is 0 Å². The molecule has 1 heterocycles. The topological polar surface area (TPSA) is 79.5 Å². The molecule has 6 heteroatoms. The van der Waals surface area contributed by atoms with Gasteiger partial charge in [0.05, 0.1) is 12.1 Å². The lowest BCUT2D eigenvalue weighted by Gasteiger charge is -2.23. The fourth-order valence-electron chi connectivity index (χ4n) is 1.68. The molecule has 0 unspecified atom stereocenters. The van der Waals surface area contributed by atoms with E-state index in [9.17, 15) is 14.0 Å². The average molecular weight is 279 g/mol. The molecular weight excluding hydrogens is 265 g/mol. The Hall–Kier alpha value is -2.21. The number of aliphatic hydroxyl groups excluding tert-OH is 1. The van der Waals surface area contributed by atoms with Crippen LogP contribution in [0, 0.1) is 5.82 Å². The van der Waals surface area contributed by atoms with E-state index in [-0.39, 0.29) is 17.8 Å². The number of rotatable bonds is 3. The van der Waals surface area contributed by atoms with E-state index in [1.165, 1.54) is 24.3 Å². The molecule has 0 aliphatic heterocycles. The first kappa shape index (κ1) is 14.2. The number of benzene rings is 1. The van der Waals surface area contributed by atoms with Gasteiger partial charge in [0.2, 0.25) is 0 Å². The SMILES string of the molecule is CC(C)(CO)NC(=O)c1cc2cccc(F)c2oc1=O. The zero-order valence-corrected chi connectivity index (χ0v) is 11.1. The van der Waals surface area contributed by atoms with Gasteiger partial charge in [-0.05, 0) is 26.0 Å². The first-order valence-electron chi connectivity index (χ1n) is 6.00. The number of amides is 1. The minimum atomic E-state index is -0.922. The summed E-state index contributed by atoms with van der Waals surface area (Å²) in [4.78, 5) is 23.7. The Morgan fingerprint density at radius 2 is 2.15 bits per heavy atom. The summed E-state index contributed by atoms with van der Waals surface area (Å²) in [5.41, 5.74) is -2.21. The van der Waals surface area contributed by atoms with Gasteiger partial charge in [0, 0.05) is 5.39 Å². The third-order valence-corrected chi connectivity index (χ3v) is 2.80. The molecular formula is C14H14FNO4. The molecule has 0 atom stereocenters. The summed E-state index contributed by atoms with van der Waals surface area (Å²) in [6.07, 6.45) is 0. The summed E-state index contributed by atoms with van der Waals surface area (Å²) >= 11 is 0. The van der Waals surface area contributed by atoms with Gasteiger partial charge in [0.25, 0.3) is 5.91 Å². The average Bonchev–Trinajstić information content (AvgIpc) is 2.38. The van der Waals surface area contributed by atoms with Gasteiger partial charge in [0.15, 0.2) is 11.4 Å². The van der Waals surface area contributed by atoms with Crippen molar-refractivity contribution < 1.29 is 18.7 Å². The van der Waals surface area contributed by atoms with Crippen LogP contribution < -0.4 is 10.9 Å². The monoisotopic (exact) mass is 279 g/mol. The van der Waals surface area contributed by atoms with Crippen LogP contribution in [-0.4, -0.2) is 23.2 Å². The molecule has 2 aromatic rings. The number of nitrogens with one attached hydrogen (secondary N) is 1. The van der Waals surface area contributed by atoms with Crippen LogP contribution >= 0.6 is 0 Å². The lowest BCUT2D eigenvalue weighted by molar-refractivity contribution is 0.0865. The molecule has 0 aliphatic carbocycles. The summed E-state index contributed by atoms with van der Waals surface area (Å²) in [5, 5.41) is 11.9. The van der Waals surface area contributed by atoms with E-state index in [4.69, 9.17) is 9.52 Å². The maximum atomic E-state index is 13.5. The predicted octanol–water partition coefficient (Wildman–Crippen LogP) is 1.43. The Bertz CT molecular complexity index is 721. The Labute approximate surface area is 114 Å². The third kappa shape index (κ3) is 2.70. The molecule has 0 saturated carbocycles. The van der Waals surface area contributed by atoms with Gasteiger partial charge in [0.1, 0.15) is 5.56 Å². The van der Waals surface area contributed by atoms with Gasteiger partial charge in [-0.2, -0.15) is 0 Å². The lowest BCUT2D eigenvalue weighted by atomic mass is 10.1. The van der Waals surface area contributed by atoms with Crippen molar-refractivity contribution in [3.8, 4) is 0 Å². The van der Waals surface area contributed by atoms with Crippen LogP contribution in [0.5, 0.6) is 0 Å². The summed E-state index contributed by atoms with van der Waals surface area (Å²) < 4.78 is 18.3. The van der Waals surface area contributed by atoms with Crippen LogP contribution in [-0.2, 0) is 0 Å². The first-order chi connectivity index (χ1) is 9.34. The number of fused-ring (bicyclic) bond motifs is 1. The normalized spacial score (nSPS) is 11.6. The van der Waals surface area contributed by atoms with E-state index in [1.54, 1.807) is 13.8 Å². The number of hydrogen-bond acceptors (Lipinski definition) is 4. The van der Waals surface area contributed by atoms with Crippen molar-refractivity contribution in [3.05, 3.63) is 46.1 Å². The highest BCUT2D eigenvalue weighted by Crippen LogP contribution is 2.17. The molecule has 0 radical (unpaired) electrons. The van der Waals surface area contributed by atoms with Crippen LogP contribution in [0.4, 0.5) is 4.39 Å². The van der Waals surface area contributed by atoms with E-state index in [0.717, 1.165) is 0 Å². The van der Waals surface area contributed by atoms with Gasteiger partial charge in [-0.3, -0.25) is 4.79 Å². The molecule has 1 aromatic heterocycles. The molecule has 2 N–H and O–H groups in total. The number of carbonyl (C=O) groups is 1. The zero-order valence-electron chi connectivity index (χ0n) is 11.1. The Morgan fingerprint density at radius 3 is 2.80 bits per heavy atom. The van der Waals surface area contributed by atoms with E-state index in [1.807, 2.05) is 0 Å². The second-order valence-electron chi connectivity index (χ2n) is 5.10. The fraction of sp³-hybridized carbons (Fsp3) is 0.286. The van der Waals surface area contributed by atoms with Crippen LogP contribution in [0.1, 0.15) is 24.2 Å². The smallest absolute Gasteiger partial charge is 0.349 e. The molecule has 106 valence electrons. The van der Waals surface area contributed by atoms with E-state index in [2.05, 4.69) is 5.32 Å². The van der Waals surface area contributed by atoms with Gasteiger partial charge >= 0.3 is 5.63 Å². The van der Waals surface area contributed by atoms with Crippen LogP contribution in [0.25, 0.3) is 11.0 Å². The Balaban J connectivity index is 2.48. The molecule has 0 fully saturated rings. The number of carbonyl (C=O) groups excluding carboxylic acids is 1. The van der Waals surface area contributed by atoms with Crippen molar-refractivity contribution in [3.63, 3.8) is 0 Å². The molecule has 20 heavy (non-hydrogen) atoms. The molecule has 2 rings (SSSR count). The Kier molecular flexibility index (Phi) is 3.59. The van der Waals surface area contributed by atoms with Crippen LogP contribution in [0.15, 0.2) is 33.5 Å². The van der Waals surface area contributed by atoms with Crippen molar-refractivity contribution in [2.24, 2.45) is 0 Å². The molecule has 0 aliphatic rings. The predicted molar refractivity (Wildman–Crippen MR) is 71.1 cm³/mol. The zero-order chi connectivity index (χ0) is 14.9. The Morgan fingerprint density at radius 1 is 1.45 bits per heavy atom. The van der Waals surface area contributed by atoms with E-state index in [0.29, 0.717) is 5.39 Å². The highest BCUT2D eigenvalue weighted by atomic mass is 19.1. The first-order valence-corrected chi connectivity index (χ1v) is 6.00. The highest BCUT2D eigenvalue weighted by molar-refractivity contribution is 5.97. The molecule has 0 saturated heterocycles. The van der Waals surface area contributed by atoms with Crippen molar-refractivity contribution in [1.82, 2.24) is 5.32 Å². The van der Waals surface area contributed by atoms with Crippen molar-refractivity contribution in [1.29, 1.82) is 0 Å². The van der Waals surface area contributed by atoms with Crippen molar-refractivity contribution in [2.45, 2.75) is 19.4 Å². The van der Waals surface area contributed by atoms with Gasteiger partial charge in [-0.1, -0.05) is 12.1 Å². The number of aliphatic hydroxyl groups is 1. The van der Waals surface area contributed by atoms with Crippen LogP contribution in [0.3, 0.4) is 0 Å². The van der Waals surface area contributed by atoms with E-state index >= 15 is 0 Å². The minimum Gasteiger partial charge on any atom is -0.419 e. The maximum absolute atomic E-state index is 13.5. The maximum Gasteiger partial charge on any atom is 0.349 e. The molecule has 1 amide bonds. The number of para-hydroxylation sites is 1. The summed E-state index contributed by atoms with van der Waals surface area (Å²) in [6.45, 7) is 2.92. The molecule has 0 bridgehead atoms. The lowest BCUT2D eigenvalue weighted by Crippen LogP contribution is -2.47. The molecule has 1 aromatic carbocycles. The standard InChI is InChI=1S/C14H14FNO4/c1-14(2,7-17)16-12(18)9-6-8-4-3-5-10(15)11(8)20-13(9)19/h3-6,17H,7H2,1-2H3,(H,16,18). The van der Waals surface area contributed by atoms with Gasteiger partial charge in [-0.25, -0.2) is 9.18 Å². The highest BCUT2D eigenvalue weighted by Gasteiger charge is 2.23. The molecule has 5 nitrogen and oxygen atoms in total. The summed E-state index contributed by atoms with van der Waals surface area (Å²) in [7, 11) is 0. The molecule has 0 spiro atoms. The summed E-state index contributed by atoms with van der Waals surface area (Å²) in [5.74, 6) is -1.34. The fourth-order valence-corrected chi connectivity index (χ4v) is 1.68. The number of halogens is 1.